The van der Waals surface area contributed by atoms with Crippen LogP contribution in [0.2, 0.25) is 0 Å². The van der Waals surface area contributed by atoms with Gasteiger partial charge in [-0.2, -0.15) is 6.21 Å². The monoisotopic (exact) mass is 1260 g/mol. The van der Waals surface area contributed by atoms with Gasteiger partial charge in [-0.15, -0.1) is 6.92 Å². The van der Waals surface area contributed by atoms with Gasteiger partial charge in [-0.1, -0.05) is 237 Å². The first-order chi connectivity index (χ1) is 38.3. The number of halogens is 1. The van der Waals surface area contributed by atoms with Crippen molar-refractivity contribution in [3.05, 3.63) is 165 Å². The molecule has 2 aliphatic rings. The zero-order valence-corrected chi connectivity index (χ0v) is 57.0. The number of hydrogen-bond donors (Lipinski definition) is 0. The number of para-hydroxylation sites is 2. The zero-order valence-electron chi connectivity index (χ0n) is 53.9. The molecule has 448 valence electrons. The van der Waals surface area contributed by atoms with Gasteiger partial charge in [-0.3, -0.25) is 0 Å². The van der Waals surface area contributed by atoms with E-state index < -0.39 is 0 Å². The standard InChI is InChI=1S/C32H40N.C31H37N.2C4H8O.C4H10O.HI.Ni/c1-10-33-32-28(30-24(20(2)3)14-11-15-25(30)21(4)5)18-13-19-29(32)31-26(22(6)7)16-12-17-27(31)23(8)9;1-19(2)23-13-10-14-24(20(3)4)29(23)27-17-12-18-28(31(27)32-9)30-25(21(5)6)15-11-16-26(30)22(7)8;2*1-2-4-5-3-1;1-3-5-4-2;;/h11-23H,1-9H3;10-22H,1-8H3;2*1-4H2;3-4H2,1-2H3;1H;/q-1;;;;;;+2/p-1. The first-order valence-electron chi connectivity index (χ1n) is 30.6. The van der Waals surface area contributed by atoms with E-state index in [1.54, 1.807) is 0 Å². The van der Waals surface area contributed by atoms with Gasteiger partial charge in [0.1, 0.15) is 0 Å². The first-order valence-corrected chi connectivity index (χ1v) is 30.6. The molecular weight excluding hydrogens is 1160 g/mol. The second-order valence-corrected chi connectivity index (χ2v) is 23.8. The summed E-state index contributed by atoms with van der Waals surface area (Å²) in [6.07, 6.45) is 8.24. The number of aliphatic imine (C=N–C) groups is 1. The van der Waals surface area contributed by atoms with Crippen molar-refractivity contribution in [2.45, 2.75) is 205 Å². The van der Waals surface area contributed by atoms with Gasteiger partial charge in [0.05, 0.1) is 6.57 Å². The average Bonchev–Trinajstić information content (AvgIpc) is 4.24. The van der Waals surface area contributed by atoms with Crippen molar-refractivity contribution in [2.24, 2.45) is 4.99 Å². The Balaban J connectivity index is 0.000000436. The summed E-state index contributed by atoms with van der Waals surface area (Å²) in [7, 11) is 0. The summed E-state index contributed by atoms with van der Waals surface area (Å²) < 4.78 is 14.7. The van der Waals surface area contributed by atoms with Crippen molar-refractivity contribution in [3.8, 4) is 44.5 Å². The van der Waals surface area contributed by atoms with Crippen molar-refractivity contribution >= 4 is 17.6 Å². The second-order valence-electron chi connectivity index (χ2n) is 23.8. The fourth-order valence-electron chi connectivity index (χ4n) is 10.9. The molecule has 0 spiro atoms. The topological polar surface area (TPSA) is 44.4 Å². The summed E-state index contributed by atoms with van der Waals surface area (Å²) in [5.74, 6) is 3.27. The van der Waals surface area contributed by atoms with Gasteiger partial charge in [0.2, 0.25) is 5.69 Å². The Bertz CT molecular complexity index is 2600. The van der Waals surface area contributed by atoms with Crippen molar-refractivity contribution in [3.63, 3.8) is 0 Å². The smallest absolute Gasteiger partial charge is 1.00 e. The average molecular weight is 1270 g/mol. The quantitative estimate of drug-likeness (QED) is 0.0445. The van der Waals surface area contributed by atoms with E-state index in [4.69, 9.17) is 25.8 Å². The van der Waals surface area contributed by atoms with E-state index in [1.165, 1.54) is 104 Å². The van der Waals surface area contributed by atoms with E-state index in [0.717, 1.165) is 62.1 Å². The second kappa shape index (κ2) is 37.8. The molecule has 0 saturated carbocycles. The number of nitrogens with zero attached hydrogens (tertiary/aromatic N) is 2. The molecule has 0 radical (unpaired) electrons. The Morgan fingerprint density at radius 3 is 0.805 bits per heavy atom. The molecular formula is C75H103IN2NiO3. The molecule has 0 N–H and O–H groups in total. The van der Waals surface area contributed by atoms with Gasteiger partial charge < -0.3 is 43.2 Å². The summed E-state index contributed by atoms with van der Waals surface area (Å²) in [4.78, 5) is 9.09. The van der Waals surface area contributed by atoms with Crippen LogP contribution in [0.1, 0.15) is 249 Å². The SMILES string of the molecule is C1CCOC1.C1CCOC1.CCOCC.C[C-]=Nc1c(-c2c(C(C)C)cccc2C(C)C)cccc1-c1c(C(C)C)cccc1C(C)C.[C-]#[N+]c1c(-c2c(C(C)C)cccc2C(C)C)cccc1-c1c(C(C)C)cccc1C(C)C.[I-].[Ni+2]. The van der Waals surface area contributed by atoms with Crippen molar-refractivity contribution in [1.29, 1.82) is 0 Å². The predicted molar refractivity (Wildman–Crippen MR) is 349 cm³/mol. The molecule has 2 aliphatic heterocycles. The minimum Gasteiger partial charge on any atom is -1.00 e. The molecule has 5 nitrogen and oxygen atoms in total. The van der Waals surface area contributed by atoms with Crippen molar-refractivity contribution < 1.29 is 54.7 Å². The van der Waals surface area contributed by atoms with E-state index in [-0.39, 0.29) is 40.5 Å². The van der Waals surface area contributed by atoms with Crippen LogP contribution in [0.15, 0.2) is 114 Å². The molecule has 0 aliphatic carbocycles. The molecule has 2 heterocycles. The summed E-state index contributed by atoms with van der Waals surface area (Å²) in [6, 6.07) is 39.9. The van der Waals surface area contributed by atoms with Crippen molar-refractivity contribution in [1.82, 2.24) is 0 Å². The molecule has 8 rings (SSSR count). The molecule has 2 fully saturated rings. The maximum Gasteiger partial charge on any atom is 2.00 e. The van der Waals surface area contributed by atoms with Crippen LogP contribution in [0.4, 0.5) is 11.4 Å². The zero-order chi connectivity index (χ0) is 59.1. The molecule has 0 aromatic heterocycles. The van der Waals surface area contributed by atoms with Crippen LogP contribution in [0.3, 0.4) is 0 Å². The first kappa shape index (κ1) is 73.7. The van der Waals surface area contributed by atoms with Gasteiger partial charge in [0.15, 0.2) is 0 Å². The molecule has 82 heavy (non-hydrogen) atoms. The van der Waals surface area contributed by atoms with E-state index in [2.05, 4.69) is 231 Å². The molecule has 0 bridgehead atoms. The minimum atomic E-state index is 0. The van der Waals surface area contributed by atoms with E-state index in [9.17, 15) is 0 Å². The normalized spacial score (nSPS) is 12.9. The van der Waals surface area contributed by atoms with Crippen LogP contribution in [-0.2, 0) is 30.7 Å². The van der Waals surface area contributed by atoms with E-state index in [1.807, 2.05) is 20.8 Å². The van der Waals surface area contributed by atoms with Crippen LogP contribution in [0.5, 0.6) is 0 Å². The van der Waals surface area contributed by atoms with Crippen LogP contribution in [0.25, 0.3) is 49.4 Å². The fraction of sp³-hybridized carbons (Fsp3) is 0.493. The Kier molecular flexibility index (Phi) is 34.0. The Morgan fingerprint density at radius 1 is 0.415 bits per heavy atom. The molecule has 6 aromatic rings. The molecule has 0 unspecified atom stereocenters. The fourth-order valence-corrected chi connectivity index (χ4v) is 10.9. The third-order valence-electron chi connectivity index (χ3n) is 15.0. The molecule has 0 atom stereocenters. The molecule has 7 heteroatoms. The molecule has 0 amide bonds. The minimum absolute atomic E-state index is 0. The Morgan fingerprint density at radius 2 is 0.634 bits per heavy atom. The summed E-state index contributed by atoms with van der Waals surface area (Å²) in [6.45, 7) is 56.1. The number of rotatable bonds is 15. The Labute approximate surface area is 527 Å². The molecule has 6 aromatic carbocycles. The molecule has 2 saturated heterocycles. The maximum atomic E-state index is 8.26. The third kappa shape index (κ3) is 20.1. The van der Waals surface area contributed by atoms with Gasteiger partial charge in [0.25, 0.3) is 0 Å². The number of hydrogen-bond acceptors (Lipinski definition) is 4. The largest absolute Gasteiger partial charge is 2.00 e. The van der Waals surface area contributed by atoms with Crippen LogP contribution in [-0.4, -0.2) is 45.9 Å². The van der Waals surface area contributed by atoms with E-state index in [0.29, 0.717) is 47.3 Å². The van der Waals surface area contributed by atoms with Crippen LogP contribution < -0.4 is 24.0 Å². The van der Waals surface area contributed by atoms with Crippen molar-refractivity contribution in [2.75, 3.05) is 39.6 Å². The maximum absolute atomic E-state index is 8.26. The number of benzene rings is 6. The van der Waals surface area contributed by atoms with Gasteiger partial charge in [-0.25, -0.2) is 4.85 Å². The number of ether oxygens (including phenoxy) is 3. The van der Waals surface area contributed by atoms with Crippen LogP contribution in [0, 0.1) is 6.57 Å². The van der Waals surface area contributed by atoms with Crippen LogP contribution >= 0.6 is 0 Å². The predicted octanol–water partition coefficient (Wildman–Crippen LogP) is 19.8. The van der Waals surface area contributed by atoms with Gasteiger partial charge >= 0.3 is 16.5 Å². The summed E-state index contributed by atoms with van der Waals surface area (Å²) in [5.41, 5.74) is 22.3. The van der Waals surface area contributed by atoms with E-state index >= 15 is 0 Å². The van der Waals surface area contributed by atoms with Gasteiger partial charge in [0, 0.05) is 39.6 Å². The third-order valence-corrected chi connectivity index (χ3v) is 15.0. The van der Waals surface area contributed by atoms with Gasteiger partial charge in [-0.05, 0) is 165 Å². The Hall–Kier alpha value is -4.42. The summed E-state index contributed by atoms with van der Waals surface area (Å²) >= 11 is 0. The summed E-state index contributed by atoms with van der Waals surface area (Å²) in [5, 5.41) is 0.